The monoisotopic (exact) mass is 462 g/mol. The van der Waals surface area contributed by atoms with Crippen LogP contribution in [0.3, 0.4) is 0 Å². The lowest BCUT2D eigenvalue weighted by Crippen LogP contribution is -2.18. The Morgan fingerprint density at radius 1 is 0.714 bits per heavy atom. The number of hydrogen-bond acceptors (Lipinski definition) is 4. The highest BCUT2D eigenvalue weighted by Gasteiger charge is 2.47. The third-order valence-electron chi connectivity index (χ3n) is 9.28. The molecule has 5 aliphatic rings. The van der Waals surface area contributed by atoms with E-state index < -0.39 is 0 Å². The summed E-state index contributed by atoms with van der Waals surface area (Å²) in [7, 11) is 0. The van der Waals surface area contributed by atoms with Crippen LogP contribution in [0.15, 0.2) is 36.4 Å². The molecule has 4 aromatic rings. The Balaban J connectivity index is 1.05. The second kappa shape index (κ2) is 6.83. The fraction of sp³-hybridized carbons (Fsp3) is 0.448. The van der Waals surface area contributed by atoms with Gasteiger partial charge in [-0.1, -0.05) is 24.3 Å². The number of piperidine rings is 2. The lowest BCUT2D eigenvalue weighted by molar-refractivity contribution is 0.542. The fourth-order valence-electron chi connectivity index (χ4n) is 7.10. The molecule has 0 spiro atoms. The highest BCUT2D eigenvalue weighted by atomic mass is 15.1. The molecule has 0 radical (unpaired) electrons. The number of aromatic amines is 2. The molecule has 3 aliphatic carbocycles. The number of rotatable bonds is 3. The highest BCUT2D eigenvalue weighted by Crippen LogP contribution is 2.47. The summed E-state index contributed by atoms with van der Waals surface area (Å²) in [6.45, 7) is 0. The van der Waals surface area contributed by atoms with E-state index in [-0.39, 0.29) is 0 Å². The zero-order valence-corrected chi connectivity index (χ0v) is 19.8. The third-order valence-corrected chi connectivity index (χ3v) is 9.28. The Labute approximate surface area is 204 Å². The molecule has 2 saturated heterocycles. The number of aromatic nitrogens is 4. The lowest BCUT2D eigenvalue weighted by Gasteiger charge is -2.11. The van der Waals surface area contributed by atoms with Crippen LogP contribution in [-0.2, 0) is 12.8 Å². The van der Waals surface area contributed by atoms with E-state index in [0.717, 1.165) is 65.9 Å². The Morgan fingerprint density at radius 3 is 2.23 bits per heavy atom. The maximum atomic E-state index is 5.14. The van der Waals surface area contributed by atoms with Gasteiger partial charge in [-0.25, -0.2) is 9.97 Å². The summed E-state index contributed by atoms with van der Waals surface area (Å²) >= 11 is 0. The van der Waals surface area contributed by atoms with E-state index in [9.17, 15) is 0 Å². The molecule has 6 heteroatoms. The van der Waals surface area contributed by atoms with E-state index in [2.05, 4.69) is 57.0 Å². The van der Waals surface area contributed by atoms with Crippen LogP contribution < -0.4 is 10.6 Å². The van der Waals surface area contributed by atoms with E-state index in [1.165, 1.54) is 59.3 Å². The van der Waals surface area contributed by atoms with Gasteiger partial charge in [0.25, 0.3) is 0 Å². The topological polar surface area (TPSA) is 81.4 Å². The van der Waals surface area contributed by atoms with Crippen LogP contribution in [-0.4, -0.2) is 32.0 Å². The minimum atomic E-state index is 0.389. The van der Waals surface area contributed by atoms with Crippen LogP contribution >= 0.6 is 0 Å². The normalized spacial score (nSPS) is 32.1. The molecule has 2 aromatic heterocycles. The smallest absolute Gasteiger partial charge is 0.124 e. The second-order valence-electron chi connectivity index (χ2n) is 11.6. The number of aryl methyl sites for hydroxylation is 2. The standard InChI is InChI=1S/C29H30N6/c1-2-16-8-14(15-5-7-20-24(9-15)34-28(32-20)25-12-17-10-22(17)30-25)4-6-19(16)27-21(3-1)33-29(35-27)26-13-18-11-23(18)31-26/h4-9,17-18,22-23,25-26,30-31H,1-3,10-13H2,(H,32,34)(H,33,35)/t17-,18-,22-,23-,25+,26+/m1/s1. The third kappa shape index (κ3) is 3.02. The first-order chi connectivity index (χ1) is 17.2. The molecule has 2 saturated carbocycles. The van der Waals surface area contributed by atoms with Crippen molar-refractivity contribution < 1.29 is 0 Å². The van der Waals surface area contributed by atoms with Crippen LogP contribution in [0.4, 0.5) is 0 Å². The van der Waals surface area contributed by atoms with Gasteiger partial charge in [-0.05, 0) is 85.6 Å². The zero-order valence-electron chi connectivity index (χ0n) is 19.8. The average Bonchev–Trinajstić information content (AvgIpc) is 3.50. The first-order valence-electron chi connectivity index (χ1n) is 13.5. The van der Waals surface area contributed by atoms with Gasteiger partial charge in [-0.15, -0.1) is 0 Å². The van der Waals surface area contributed by atoms with Crippen molar-refractivity contribution in [3.05, 3.63) is 59.3 Å². The fourth-order valence-corrected chi connectivity index (χ4v) is 7.10. The summed E-state index contributed by atoms with van der Waals surface area (Å²) in [5.74, 6) is 3.99. The van der Waals surface area contributed by atoms with E-state index in [1.807, 2.05) is 0 Å². The minimum Gasteiger partial charge on any atom is -0.344 e. The van der Waals surface area contributed by atoms with Crippen molar-refractivity contribution >= 4 is 11.0 Å². The molecule has 176 valence electrons. The van der Waals surface area contributed by atoms with Gasteiger partial charge in [0.2, 0.25) is 0 Å². The Hall–Kier alpha value is -2.96. The summed E-state index contributed by atoms with van der Waals surface area (Å²) in [6, 6.07) is 15.9. The molecular formula is C29H30N6. The van der Waals surface area contributed by atoms with Crippen LogP contribution in [0, 0.1) is 11.8 Å². The molecule has 9 rings (SSSR count). The minimum absolute atomic E-state index is 0.389. The summed E-state index contributed by atoms with van der Waals surface area (Å²) in [4.78, 5) is 17.4. The molecule has 4 N–H and O–H groups in total. The molecular weight excluding hydrogens is 432 g/mol. The van der Waals surface area contributed by atoms with E-state index >= 15 is 0 Å². The van der Waals surface area contributed by atoms with Crippen molar-refractivity contribution in [1.29, 1.82) is 0 Å². The van der Waals surface area contributed by atoms with Gasteiger partial charge in [-0.2, -0.15) is 0 Å². The second-order valence-corrected chi connectivity index (χ2v) is 11.6. The molecule has 2 aliphatic heterocycles. The zero-order chi connectivity index (χ0) is 22.7. The van der Waals surface area contributed by atoms with Gasteiger partial charge in [0, 0.05) is 23.3 Å². The summed E-state index contributed by atoms with van der Waals surface area (Å²) in [5, 5.41) is 7.47. The van der Waals surface area contributed by atoms with Crippen molar-refractivity contribution in [2.24, 2.45) is 11.8 Å². The Bertz CT molecular complexity index is 1480. The SMILES string of the molecule is c1cc2c(cc1-c1ccc3nc([C@@H]4C[C@H]5C[C@H]5N4)[nH]c3c1)CCCc1[nH]c([C@@H]3C[C@H]4C[C@H]4N3)nc1-2. The van der Waals surface area contributed by atoms with Crippen molar-refractivity contribution in [3.8, 4) is 22.4 Å². The van der Waals surface area contributed by atoms with Crippen molar-refractivity contribution in [1.82, 2.24) is 30.6 Å². The molecule has 0 amide bonds. The van der Waals surface area contributed by atoms with Gasteiger partial charge in [0.05, 0.1) is 28.8 Å². The van der Waals surface area contributed by atoms with Gasteiger partial charge in [-0.3, -0.25) is 0 Å². The molecule has 6 nitrogen and oxygen atoms in total. The number of benzene rings is 2. The van der Waals surface area contributed by atoms with E-state index in [1.54, 1.807) is 0 Å². The molecule has 0 bridgehead atoms. The molecule has 6 atom stereocenters. The number of H-pyrrole nitrogens is 2. The largest absolute Gasteiger partial charge is 0.344 e. The molecule has 4 heterocycles. The predicted octanol–water partition coefficient (Wildman–Crippen LogP) is 4.95. The number of imidazole rings is 2. The Kier molecular flexibility index (Phi) is 3.76. The number of hydrogen-bond donors (Lipinski definition) is 4. The predicted molar refractivity (Wildman–Crippen MR) is 136 cm³/mol. The van der Waals surface area contributed by atoms with Gasteiger partial charge in [0.1, 0.15) is 11.6 Å². The summed E-state index contributed by atoms with van der Waals surface area (Å²) in [5.41, 5.74) is 9.95. The van der Waals surface area contributed by atoms with Gasteiger partial charge in [0.15, 0.2) is 0 Å². The van der Waals surface area contributed by atoms with E-state index in [4.69, 9.17) is 9.97 Å². The maximum absolute atomic E-state index is 5.14. The highest BCUT2D eigenvalue weighted by molar-refractivity contribution is 5.83. The molecule has 0 unspecified atom stereocenters. The lowest BCUT2D eigenvalue weighted by atomic mass is 9.96. The molecule has 4 fully saturated rings. The average molecular weight is 463 g/mol. The Morgan fingerprint density at radius 2 is 1.46 bits per heavy atom. The van der Waals surface area contributed by atoms with Crippen molar-refractivity contribution in [2.45, 2.75) is 69.1 Å². The first-order valence-corrected chi connectivity index (χ1v) is 13.5. The quantitative estimate of drug-likeness (QED) is 0.347. The van der Waals surface area contributed by atoms with Gasteiger partial charge < -0.3 is 20.6 Å². The van der Waals surface area contributed by atoms with E-state index in [0.29, 0.717) is 12.1 Å². The van der Waals surface area contributed by atoms with Crippen LogP contribution in [0.25, 0.3) is 33.4 Å². The molecule has 2 aromatic carbocycles. The van der Waals surface area contributed by atoms with Gasteiger partial charge >= 0.3 is 0 Å². The molecule has 35 heavy (non-hydrogen) atoms. The summed E-state index contributed by atoms with van der Waals surface area (Å²) < 4.78 is 0. The van der Waals surface area contributed by atoms with Crippen LogP contribution in [0.2, 0.25) is 0 Å². The number of fused-ring (bicyclic) bond motifs is 6. The van der Waals surface area contributed by atoms with Crippen molar-refractivity contribution in [2.75, 3.05) is 0 Å². The van der Waals surface area contributed by atoms with Crippen LogP contribution in [0.1, 0.15) is 67.1 Å². The summed E-state index contributed by atoms with van der Waals surface area (Å²) in [6.07, 6.45) is 8.49. The maximum Gasteiger partial charge on any atom is 0.124 e. The van der Waals surface area contributed by atoms with Crippen LogP contribution in [0.5, 0.6) is 0 Å². The van der Waals surface area contributed by atoms with Crippen molar-refractivity contribution in [3.63, 3.8) is 0 Å². The number of nitrogens with zero attached hydrogens (tertiary/aromatic N) is 2. The first kappa shape index (κ1) is 19.3. The number of nitrogens with one attached hydrogen (secondary N) is 4.